The van der Waals surface area contributed by atoms with E-state index in [2.05, 4.69) is 61.1 Å². The largest absolute Gasteiger partial charge is 0.340 e. The van der Waals surface area contributed by atoms with Crippen molar-refractivity contribution in [1.82, 2.24) is 40.4 Å². The van der Waals surface area contributed by atoms with Gasteiger partial charge < -0.3 is 35.6 Å². The van der Waals surface area contributed by atoms with E-state index in [1.165, 1.54) is 12.8 Å². The topological polar surface area (TPSA) is 129 Å². The van der Waals surface area contributed by atoms with E-state index in [0.29, 0.717) is 44.9 Å². The van der Waals surface area contributed by atoms with E-state index in [1.54, 1.807) is 0 Å². The summed E-state index contributed by atoms with van der Waals surface area (Å²) in [5, 5.41) is 18.2. The lowest BCUT2D eigenvalue weighted by atomic mass is 9.77. The van der Waals surface area contributed by atoms with E-state index in [-0.39, 0.29) is 35.3 Å². The van der Waals surface area contributed by atoms with Gasteiger partial charge >= 0.3 is 12.1 Å². The number of urea groups is 2. The van der Waals surface area contributed by atoms with E-state index in [1.807, 2.05) is 34.2 Å². The normalized spacial score (nSPS) is 27.1. The summed E-state index contributed by atoms with van der Waals surface area (Å²) in [5.41, 5.74) is 4.36. The first-order chi connectivity index (χ1) is 24.8. The first-order valence-electron chi connectivity index (χ1n) is 19.2. The average molecular weight is 694 g/mol. The van der Waals surface area contributed by atoms with Gasteiger partial charge in [0.15, 0.2) is 0 Å². The third-order valence-electron chi connectivity index (χ3n) is 13.3. The summed E-state index contributed by atoms with van der Waals surface area (Å²) in [6.45, 7) is 9.70. The molecule has 0 bridgehead atoms. The minimum Gasteiger partial charge on any atom is -0.340 e. The number of benzene rings is 2. The van der Waals surface area contributed by atoms with Crippen LogP contribution in [-0.2, 0) is 11.3 Å². The fourth-order valence-corrected chi connectivity index (χ4v) is 10.1. The summed E-state index contributed by atoms with van der Waals surface area (Å²) in [4.78, 5) is 50.4. The smallest absolute Gasteiger partial charge is 0.322 e. The Morgan fingerprint density at radius 1 is 0.922 bits per heavy atom. The number of hydrogen-bond acceptors (Lipinski definition) is 6. The Morgan fingerprint density at radius 3 is 2.49 bits per heavy atom. The number of anilines is 1. The molecule has 5 aliphatic heterocycles. The molecular formula is C39H51N9O3. The highest BCUT2D eigenvalue weighted by Gasteiger charge is 2.64. The van der Waals surface area contributed by atoms with E-state index in [9.17, 15) is 14.4 Å². The van der Waals surface area contributed by atoms with Gasteiger partial charge in [0, 0.05) is 61.8 Å². The van der Waals surface area contributed by atoms with Crippen LogP contribution in [-0.4, -0.2) is 118 Å². The molecule has 2 aromatic carbocycles. The zero-order valence-corrected chi connectivity index (χ0v) is 29.8. The van der Waals surface area contributed by atoms with Crippen molar-refractivity contribution in [3.05, 3.63) is 59.3 Å². The van der Waals surface area contributed by atoms with Crippen molar-refractivity contribution in [2.24, 2.45) is 5.41 Å². The first kappa shape index (κ1) is 32.7. The van der Waals surface area contributed by atoms with Crippen LogP contribution in [0.2, 0.25) is 0 Å². The highest BCUT2D eigenvalue weighted by Crippen LogP contribution is 2.54. The van der Waals surface area contributed by atoms with E-state index in [4.69, 9.17) is 0 Å². The van der Waals surface area contributed by atoms with Gasteiger partial charge in [-0.25, -0.2) is 9.59 Å². The fourth-order valence-electron chi connectivity index (χ4n) is 10.1. The van der Waals surface area contributed by atoms with Crippen LogP contribution in [0, 0.1) is 12.3 Å². The molecule has 1 unspecified atom stereocenters. The van der Waals surface area contributed by atoms with Gasteiger partial charge in [0.05, 0.1) is 11.7 Å². The Labute approximate surface area is 299 Å². The summed E-state index contributed by atoms with van der Waals surface area (Å²) in [7, 11) is 0. The third-order valence-corrected chi connectivity index (χ3v) is 13.3. The van der Waals surface area contributed by atoms with Crippen LogP contribution in [0.1, 0.15) is 74.0 Å². The first-order valence-corrected chi connectivity index (χ1v) is 19.2. The lowest BCUT2D eigenvalue weighted by Crippen LogP contribution is -2.57. The maximum atomic E-state index is 14.8. The van der Waals surface area contributed by atoms with Gasteiger partial charge in [0.2, 0.25) is 5.91 Å². The standard InChI is InChI=1S/C39H51N9O3/c1-26-20-28(21-29-23-41-44-34(26)29)32-22-39(32,35(49)47-19-12-38(25-47)10-17-45(18-11-38)30-6-13-40-14-7-30)43-37(51)46-15-8-31(9-16-46)48-24-27-4-2-3-5-33(27)42-36(48)50/h2-5,20-21,23,30-32,40H,6-19,22,24-25H2,1H3,(H,41,44)(H,42,50)(H,43,51)/t32-,39?/m0/s1. The molecule has 1 saturated carbocycles. The Balaban J connectivity index is 0.892. The lowest BCUT2D eigenvalue weighted by molar-refractivity contribution is -0.134. The summed E-state index contributed by atoms with van der Waals surface area (Å²) < 4.78 is 0. The van der Waals surface area contributed by atoms with Crippen LogP contribution >= 0.6 is 0 Å². The summed E-state index contributed by atoms with van der Waals surface area (Å²) >= 11 is 0. The number of H-pyrrole nitrogens is 1. The van der Waals surface area contributed by atoms with Gasteiger partial charge in [0.1, 0.15) is 5.54 Å². The molecule has 270 valence electrons. The molecule has 4 saturated heterocycles. The van der Waals surface area contributed by atoms with Crippen molar-refractivity contribution >= 4 is 34.6 Å². The molecule has 12 nitrogen and oxygen atoms in total. The number of fused-ring (bicyclic) bond motifs is 2. The molecule has 1 spiro atoms. The SMILES string of the molecule is Cc1cc([C@@H]2CC2(NC(=O)N2CCC(N3Cc4ccccc4NC3=O)CC2)C(=O)N2CCC3(CCN(C4CCNCC4)CC3)C2)cc2cn[nH]c12. The number of aromatic nitrogens is 2. The maximum Gasteiger partial charge on any atom is 0.322 e. The zero-order chi connectivity index (χ0) is 34.7. The number of piperidine rings is 3. The van der Waals surface area contributed by atoms with Crippen LogP contribution in [0.15, 0.2) is 42.6 Å². The Bertz CT molecular complexity index is 1820. The second-order valence-corrected chi connectivity index (χ2v) is 16.3. The molecule has 1 aliphatic carbocycles. The summed E-state index contributed by atoms with van der Waals surface area (Å²) in [5.74, 6) is -0.0260. The van der Waals surface area contributed by atoms with Crippen LogP contribution in [0.5, 0.6) is 0 Å². The van der Waals surface area contributed by atoms with Crippen molar-refractivity contribution in [1.29, 1.82) is 0 Å². The van der Waals surface area contributed by atoms with Crippen LogP contribution in [0.4, 0.5) is 15.3 Å². The average Bonchev–Trinajstić information content (AvgIpc) is 3.44. The molecule has 5 fully saturated rings. The molecule has 12 heteroatoms. The Kier molecular flexibility index (Phi) is 8.22. The molecule has 1 aromatic heterocycles. The quantitative estimate of drug-likeness (QED) is 0.314. The molecule has 2 atom stereocenters. The second-order valence-electron chi connectivity index (χ2n) is 16.3. The molecule has 6 heterocycles. The summed E-state index contributed by atoms with van der Waals surface area (Å²) in [6.07, 6.45) is 9.59. The predicted octanol–water partition coefficient (Wildman–Crippen LogP) is 4.39. The number of carbonyl (C=O) groups is 3. The van der Waals surface area contributed by atoms with Gasteiger partial charge in [-0.2, -0.15) is 5.10 Å². The van der Waals surface area contributed by atoms with E-state index >= 15 is 0 Å². The number of carbonyl (C=O) groups excluding carboxylic acids is 3. The lowest BCUT2D eigenvalue weighted by Gasteiger charge is -2.44. The Morgan fingerprint density at radius 2 is 1.69 bits per heavy atom. The van der Waals surface area contributed by atoms with E-state index in [0.717, 1.165) is 91.8 Å². The van der Waals surface area contributed by atoms with Gasteiger partial charge in [0.25, 0.3) is 0 Å². The third kappa shape index (κ3) is 5.93. The predicted molar refractivity (Wildman–Crippen MR) is 195 cm³/mol. The van der Waals surface area contributed by atoms with Crippen molar-refractivity contribution in [2.45, 2.75) is 88.4 Å². The number of amides is 5. The molecule has 5 amide bonds. The summed E-state index contributed by atoms with van der Waals surface area (Å²) in [6, 6.07) is 12.7. The van der Waals surface area contributed by atoms with Gasteiger partial charge in [-0.05, 0) is 119 Å². The molecule has 4 N–H and O–H groups in total. The fraction of sp³-hybridized carbons (Fsp3) is 0.590. The zero-order valence-electron chi connectivity index (χ0n) is 29.8. The molecule has 3 aromatic rings. The Hall–Kier alpha value is -4.16. The molecular weight excluding hydrogens is 642 g/mol. The van der Waals surface area contributed by atoms with Crippen LogP contribution in [0.25, 0.3) is 10.9 Å². The van der Waals surface area contributed by atoms with Gasteiger partial charge in [-0.15, -0.1) is 0 Å². The number of likely N-dealkylation sites (tertiary alicyclic amines) is 3. The number of rotatable bonds is 5. The number of nitrogens with one attached hydrogen (secondary N) is 4. The molecule has 9 rings (SSSR count). The molecule has 6 aliphatic rings. The van der Waals surface area contributed by atoms with Gasteiger partial charge in [-0.3, -0.25) is 9.89 Å². The van der Waals surface area contributed by atoms with Gasteiger partial charge in [-0.1, -0.05) is 24.3 Å². The van der Waals surface area contributed by atoms with Crippen LogP contribution < -0.4 is 16.0 Å². The van der Waals surface area contributed by atoms with Crippen molar-refractivity contribution in [3.8, 4) is 0 Å². The van der Waals surface area contributed by atoms with Crippen molar-refractivity contribution < 1.29 is 14.4 Å². The second kappa shape index (κ2) is 12.8. The minimum absolute atomic E-state index is 0.0540. The monoisotopic (exact) mass is 693 g/mol. The maximum absolute atomic E-state index is 14.8. The van der Waals surface area contributed by atoms with E-state index < -0.39 is 5.54 Å². The number of hydrogen-bond donors (Lipinski definition) is 4. The highest BCUT2D eigenvalue weighted by molar-refractivity contribution is 5.97. The van der Waals surface area contributed by atoms with Crippen LogP contribution in [0.3, 0.4) is 0 Å². The number of nitrogens with zero attached hydrogens (tertiary/aromatic N) is 5. The number of aryl methyl sites for hydroxylation is 1. The molecule has 0 radical (unpaired) electrons. The molecule has 51 heavy (non-hydrogen) atoms. The highest BCUT2D eigenvalue weighted by atomic mass is 16.2. The number of aromatic amines is 1. The number of para-hydroxylation sites is 1. The van der Waals surface area contributed by atoms with Crippen molar-refractivity contribution in [2.75, 3.05) is 57.7 Å². The van der Waals surface area contributed by atoms with Crippen molar-refractivity contribution in [3.63, 3.8) is 0 Å². The minimum atomic E-state index is -0.963.